The molecular formula is C23H30ClN3O5S. The number of anilines is 1. The third-order valence-corrected chi connectivity index (χ3v) is 6.54. The normalized spacial score (nSPS) is 12.0. The summed E-state index contributed by atoms with van der Waals surface area (Å²) in [6.07, 6.45) is 1.77. The first kappa shape index (κ1) is 26.5. The van der Waals surface area contributed by atoms with E-state index in [-0.39, 0.29) is 18.1 Å². The van der Waals surface area contributed by atoms with Gasteiger partial charge in [0.05, 0.1) is 19.1 Å². The van der Waals surface area contributed by atoms with Crippen molar-refractivity contribution in [3.05, 3.63) is 59.1 Å². The SMILES string of the molecule is CCCNC(=O)C(C)N(Cc1ccccc1Cl)C(=O)CN(c1cccc(OC)c1)S(C)(=O)=O. The van der Waals surface area contributed by atoms with Gasteiger partial charge in [0.15, 0.2) is 0 Å². The average Bonchev–Trinajstić information content (AvgIpc) is 2.79. The van der Waals surface area contributed by atoms with E-state index in [0.717, 1.165) is 17.0 Å². The maximum atomic E-state index is 13.4. The lowest BCUT2D eigenvalue weighted by atomic mass is 10.1. The molecule has 33 heavy (non-hydrogen) atoms. The van der Waals surface area contributed by atoms with Crippen LogP contribution in [0.25, 0.3) is 0 Å². The molecule has 0 aliphatic heterocycles. The summed E-state index contributed by atoms with van der Waals surface area (Å²) in [5.74, 6) is -0.416. The third kappa shape index (κ3) is 7.36. The smallest absolute Gasteiger partial charge is 0.244 e. The molecule has 0 bridgehead atoms. The molecule has 0 saturated carbocycles. The summed E-state index contributed by atoms with van der Waals surface area (Å²) in [6, 6.07) is 12.6. The molecule has 2 amide bonds. The maximum absolute atomic E-state index is 13.4. The van der Waals surface area contributed by atoms with Crippen molar-refractivity contribution in [3.8, 4) is 5.75 Å². The van der Waals surface area contributed by atoms with Crippen LogP contribution in [0.1, 0.15) is 25.8 Å². The van der Waals surface area contributed by atoms with Crippen LogP contribution in [-0.2, 0) is 26.2 Å². The molecule has 8 nitrogen and oxygen atoms in total. The standard InChI is InChI=1S/C23H30ClN3O5S/c1-5-13-25-23(29)17(2)26(15-18-9-6-7-12-21(18)24)22(28)16-27(33(4,30)31)19-10-8-11-20(14-19)32-3/h6-12,14,17H,5,13,15-16H2,1-4H3,(H,25,29). The number of methoxy groups -OCH3 is 1. The van der Waals surface area contributed by atoms with Gasteiger partial charge >= 0.3 is 0 Å². The molecule has 10 heteroatoms. The van der Waals surface area contributed by atoms with Gasteiger partial charge < -0.3 is 15.0 Å². The molecule has 0 aliphatic rings. The Bertz CT molecular complexity index is 1080. The highest BCUT2D eigenvalue weighted by Gasteiger charge is 2.30. The van der Waals surface area contributed by atoms with Gasteiger partial charge in [-0.15, -0.1) is 0 Å². The van der Waals surface area contributed by atoms with E-state index < -0.39 is 28.5 Å². The van der Waals surface area contributed by atoms with Crippen LogP contribution >= 0.6 is 11.6 Å². The highest BCUT2D eigenvalue weighted by Crippen LogP contribution is 2.24. The van der Waals surface area contributed by atoms with Crippen molar-refractivity contribution in [1.82, 2.24) is 10.2 Å². The van der Waals surface area contributed by atoms with E-state index in [1.165, 1.54) is 18.1 Å². The quantitative estimate of drug-likeness (QED) is 0.517. The molecule has 1 unspecified atom stereocenters. The Morgan fingerprint density at radius 2 is 1.85 bits per heavy atom. The number of rotatable bonds is 11. The Balaban J connectivity index is 2.39. The Morgan fingerprint density at radius 1 is 1.15 bits per heavy atom. The molecule has 1 N–H and O–H groups in total. The third-order valence-electron chi connectivity index (χ3n) is 5.04. The van der Waals surface area contributed by atoms with E-state index in [1.54, 1.807) is 49.4 Å². The number of hydrogen-bond donors (Lipinski definition) is 1. The predicted molar refractivity (Wildman–Crippen MR) is 130 cm³/mol. The van der Waals surface area contributed by atoms with E-state index in [9.17, 15) is 18.0 Å². The Hall–Kier alpha value is -2.78. The van der Waals surface area contributed by atoms with Gasteiger partial charge in [0.25, 0.3) is 0 Å². The number of halogens is 1. The van der Waals surface area contributed by atoms with Crippen molar-refractivity contribution in [3.63, 3.8) is 0 Å². The molecule has 2 aromatic carbocycles. The first-order valence-electron chi connectivity index (χ1n) is 10.5. The summed E-state index contributed by atoms with van der Waals surface area (Å²) < 4.78 is 31.3. The largest absolute Gasteiger partial charge is 0.497 e. The van der Waals surface area contributed by atoms with Crippen molar-refractivity contribution < 1.29 is 22.7 Å². The maximum Gasteiger partial charge on any atom is 0.244 e. The molecule has 0 aromatic heterocycles. The molecule has 0 saturated heterocycles. The first-order valence-corrected chi connectivity index (χ1v) is 12.7. The number of amides is 2. The predicted octanol–water partition coefficient (Wildman–Crippen LogP) is 3.06. The van der Waals surface area contributed by atoms with Gasteiger partial charge in [-0.2, -0.15) is 0 Å². The number of nitrogens with zero attached hydrogens (tertiary/aromatic N) is 2. The lowest BCUT2D eigenvalue weighted by molar-refractivity contribution is -0.139. The van der Waals surface area contributed by atoms with Crippen LogP contribution in [-0.4, -0.2) is 57.6 Å². The highest BCUT2D eigenvalue weighted by atomic mass is 35.5. The van der Waals surface area contributed by atoms with Crippen molar-refractivity contribution in [2.45, 2.75) is 32.9 Å². The van der Waals surface area contributed by atoms with Crippen LogP contribution < -0.4 is 14.4 Å². The molecule has 0 aliphatic carbocycles. The van der Waals surface area contributed by atoms with Crippen molar-refractivity contribution >= 4 is 39.1 Å². The van der Waals surface area contributed by atoms with Crippen LogP contribution in [0.5, 0.6) is 5.75 Å². The van der Waals surface area contributed by atoms with Crippen LogP contribution in [0.2, 0.25) is 5.02 Å². The lowest BCUT2D eigenvalue weighted by Gasteiger charge is -2.31. The topological polar surface area (TPSA) is 96.0 Å². The van der Waals surface area contributed by atoms with E-state index in [4.69, 9.17) is 16.3 Å². The molecule has 2 aromatic rings. The number of hydrogen-bond acceptors (Lipinski definition) is 5. The molecule has 2 rings (SSSR count). The van der Waals surface area contributed by atoms with Crippen LogP contribution in [0.3, 0.4) is 0 Å². The van der Waals surface area contributed by atoms with E-state index in [0.29, 0.717) is 22.9 Å². The number of ether oxygens (including phenoxy) is 1. The van der Waals surface area contributed by atoms with Crippen molar-refractivity contribution in [2.75, 3.05) is 30.8 Å². The fourth-order valence-corrected chi connectivity index (χ4v) is 4.20. The number of carbonyl (C=O) groups is 2. The zero-order valence-electron chi connectivity index (χ0n) is 19.2. The number of benzene rings is 2. The minimum absolute atomic E-state index is 0.0505. The monoisotopic (exact) mass is 495 g/mol. The Kier molecular flexibility index (Phi) is 9.55. The fraction of sp³-hybridized carbons (Fsp3) is 0.391. The van der Waals surface area contributed by atoms with Crippen molar-refractivity contribution in [2.24, 2.45) is 0 Å². The van der Waals surface area contributed by atoms with Gasteiger partial charge in [0.2, 0.25) is 21.8 Å². The van der Waals surface area contributed by atoms with E-state index in [2.05, 4.69) is 5.32 Å². The van der Waals surface area contributed by atoms with Crippen LogP contribution in [0, 0.1) is 0 Å². The Morgan fingerprint density at radius 3 is 2.45 bits per heavy atom. The first-order chi connectivity index (χ1) is 15.6. The summed E-state index contributed by atoms with van der Waals surface area (Å²) in [4.78, 5) is 27.4. The van der Waals surface area contributed by atoms with Gasteiger partial charge in [-0.25, -0.2) is 8.42 Å². The van der Waals surface area contributed by atoms with Gasteiger partial charge in [-0.05, 0) is 37.1 Å². The van der Waals surface area contributed by atoms with Gasteiger partial charge in [0.1, 0.15) is 18.3 Å². The average molecular weight is 496 g/mol. The highest BCUT2D eigenvalue weighted by molar-refractivity contribution is 7.92. The molecule has 0 radical (unpaired) electrons. The molecular weight excluding hydrogens is 466 g/mol. The Labute approximate surface area is 200 Å². The van der Waals surface area contributed by atoms with Crippen LogP contribution in [0.4, 0.5) is 5.69 Å². The summed E-state index contributed by atoms with van der Waals surface area (Å²) in [7, 11) is -2.34. The minimum Gasteiger partial charge on any atom is -0.497 e. The number of carbonyl (C=O) groups excluding carboxylic acids is 2. The molecule has 0 spiro atoms. The van der Waals surface area contributed by atoms with Gasteiger partial charge in [-0.3, -0.25) is 13.9 Å². The molecule has 180 valence electrons. The number of nitrogens with one attached hydrogen (secondary N) is 1. The summed E-state index contributed by atoms with van der Waals surface area (Å²) >= 11 is 6.29. The lowest BCUT2D eigenvalue weighted by Crippen LogP contribution is -2.51. The molecule has 1 atom stereocenters. The van der Waals surface area contributed by atoms with Gasteiger partial charge in [0, 0.05) is 24.2 Å². The van der Waals surface area contributed by atoms with Crippen molar-refractivity contribution in [1.29, 1.82) is 0 Å². The molecule has 0 fully saturated rings. The molecule has 0 heterocycles. The second-order valence-corrected chi connectivity index (χ2v) is 9.87. The fourth-order valence-electron chi connectivity index (χ4n) is 3.17. The van der Waals surface area contributed by atoms with E-state index in [1.807, 2.05) is 6.92 Å². The number of sulfonamides is 1. The van der Waals surface area contributed by atoms with Crippen LogP contribution in [0.15, 0.2) is 48.5 Å². The summed E-state index contributed by atoms with van der Waals surface area (Å²) in [5.41, 5.74) is 0.931. The summed E-state index contributed by atoms with van der Waals surface area (Å²) in [5, 5.41) is 3.23. The second kappa shape index (κ2) is 11.9. The zero-order chi connectivity index (χ0) is 24.6. The zero-order valence-corrected chi connectivity index (χ0v) is 20.8. The summed E-state index contributed by atoms with van der Waals surface area (Å²) in [6.45, 7) is 3.57. The minimum atomic E-state index is -3.81. The second-order valence-electron chi connectivity index (χ2n) is 7.55. The van der Waals surface area contributed by atoms with E-state index >= 15 is 0 Å². The van der Waals surface area contributed by atoms with Gasteiger partial charge in [-0.1, -0.05) is 42.8 Å².